The third-order valence-corrected chi connectivity index (χ3v) is 9.38. The van der Waals surface area contributed by atoms with E-state index in [0.717, 1.165) is 0 Å². The van der Waals surface area contributed by atoms with Gasteiger partial charge in [0, 0.05) is 24.4 Å². The van der Waals surface area contributed by atoms with Crippen LogP contribution in [-0.4, -0.2) is 54.8 Å². The molecule has 0 aromatic heterocycles. The van der Waals surface area contributed by atoms with E-state index in [-0.39, 0.29) is 11.5 Å². The molecule has 5 aliphatic heterocycles. The molecule has 2 bridgehead atoms. The van der Waals surface area contributed by atoms with E-state index in [1.165, 1.54) is 54.6 Å². The molecule has 7 rings (SSSR count). The largest absolute Gasteiger partial charge is 0.373 e. The summed E-state index contributed by atoms with van der Waals surface area (Å²) < 4.78 is 7.61. The Morgan fingerprint density at radius 1 is 1.32 bits per heavy atom. The van der Waals surface area contributed by atoms with E-state index in [1.54, 1.807) is 5.57 Å². The average molecular weight is 378 g/mol. The summed E-state index contributed by atoms with van der Waals surface area (Å²) in [6, 6.07) is 9.85. The van der Waals surface area contributed by atoms with Crippen LogP contribution in [0.25, 0.3) is 0 Å². The van der Waals surface area contributed by atoms with Crippen molar-refractivity contribution in [2.45, 2.75) is 56.2 Å². The maximum atomic E-state index is 13.4. The Bertz CT molecular complexity index is 925. The standard InChI is InChI=1S/C24H29N2O2/c1-2-9-26-10-8-24-17-5-3-4-6-18(17)25-21(27)13-19-22(23(24)25)16(12-20(24)26)15(14-26)7-11-28-19/h3-7,16,19-20,22-23H,2,8-14H2,1H3/q+1/t16-,19-,20-,22-,23-,24+,26?/m0/s1. The molecule has 146 valence electrons. The molecule has 1 saturated carbocycles. The molecule has 0 N–H and O–H groups in total. The molecule has 4 heteroatoms. The van der Waals surface area contributed by atoms with Crippen LogP contribution in [0.3, 0.4) is 0 Å². The van der Waals surface area contributed by atoms with Gasteiger partial charge < -0.3 is 14.1 Å². The van der Waals surface area contributed by atoms with Gasteiger partial charge in [-0.3, -0.25) is 4.79 Å². The van der Waals surface area contributed by atoms with Gasteiger partial charge in [0.2, 0.25) is 5.91 Å². The molecule has 1 unspecified atom stereocenters. The Morgan fingerprint density at radius 3 is 3.11 bits per heavy atom. The number of carbonyl (C=O) groups excluding carboxylic acids is 1. The van der Waals surface area contributed by atoms with Gasteiger partial charge in [-0.25, -0.2) is 0 Å². The normalized spacial score (nSPS) is 46.9. The number of hydrogen-bond acceptors (Lipinski definition) is 2. The number of carbonyl (C=O) groups is 1. The first-order valence-corrected chi connectivity index (χ1v) is 11.3. The van der Waals surface area contributed by atoms with Gasteiger partial charge >= 0.3 is 0 Å². The molecule has 4 fully saturated rings. The number of ether oxygens (including phenoxy) is 1. The van der Waals surface area contributed by atoms with Crippen molar-refractivity contribution in [3.8, 4) is 0 Å². The van der Waals surface area contributed by atoms with Gasteiger partial charge in [-0.1, -0.05) is 31.2 Å². The van der Waals surface area contributed by atoms with Crippen molar-refractivity contribution in [3.05, 3.63) is 41.5 Å². The molecule has 1 spiro atoms. The van der Waals surface area contributed by atoms with Gasteiger partial charge in [-0.05, 0) is 29.5 Å². The Morgan fingerprint density at radius 2 is 2.21 bits per heavy atom. The van der Waals surface area contributed by atoms with Crippen LogP contribution in [0.15, 0.2) is 35.9 Å². The van der Waals surface area contributed by atoms with Gasteiger partial charge in [0.05, 0.1) is 43.7 Å². The number of fused-ring (bicyclic) bond motifs is 2. The number of para-hydroxylation sites is 1. The zero-order valence-electron chi connectivity index (χ0n) is 16.6. The lowest BCUT2D eigenvalue weighted by atomic mass is 9.53. The second-order valence-electron chi connectivity index (χ2n) is 10.1. The van der Waals surface area contributed by atoms with Crippen LogP contribution in [0.4, 0.5) is 5.69 Å². The van der Waals surface area contributed by atoms with Crippen LogP contribution < -0.4 is 4.90 Å². The third kappa shape index (κ3) is 1.59. The van der Waals surface area contributed by atoms with Gasteiger partial charge in [-0.2, -0.15) is 0 Å². The van der Waals surface area contributed by atoms with Crippen molar-refractivity contribution < 1.29 is 14.0 Å². The van der Waals surface area contributed by atoms with Gasteiger partial charge in [0.25, 0.3) is 0 Å². The smallest absolute Gasteiger partial charge is 0.229 e. The molecule has 7 atom stereocenters. The minimum Gasteiger partial charge on any atom is -0.373 e. The van der Waals surface area contributed by atoms with Gasteiger partial charge in [-0.15, -0.1) is 0 Å². The SMILES string of the molecule is CCC[N+]12CC[C@@]34c5ccccc5N5C(=O)C[C@@H]6OCC=C(C1)[C@H](C[C@@H]32)[C@@H]6[C@H]54. The molecule has 3 saturated heterocycles. The van der Waals surface area contributed by atoms with Crippen LogP contribution >= 0.6 is 0 Å². The molecule has 5 heterocycles. The Hall–Kier alpha value is -1.65. The number of piperidine rings is 2. The number of benzene rings is 1. The van der Waals surface area contributed by atoms with Gasteiger partial charge in [0.15, 0.2) is 0 Å². The van der Waals surface area contributed by atoms with Crippen LogP contribution in [0.5, 0.6) is 0 Å². The Labute approximate surface area is 166 Å². The summed E-state index contributed by atoms with van der Waals surface area (Å²) in [5.74, 6) is 1.37. The van der Waals surface area contributed by atoms with E-state index < -0.39 is 0 Å². The molecule has 1 aromatic rings. The summed E-state index contributed by atoms with van der Waals surface area (Å²) in [6.45, 7) is 6.81. The fourth-order valence-electron chi connectivity index (χ4n) is 8.75. The second kappa shape index (κ2) is 5.09. The van der Waals surface area contributed by atoms with Crippen molar-refractivity contribution in [1.29, 1.82) is 0 Å². The lowest BCUT2D eigenvalue weighted by Crippen LogP contribution is -2.72. The maximum Gasteiger partial charge on any atom is 0.229 e. The summed E-state index contributed by atoms with van der Waals surface area (Å²) in [4.78, 5) is 15.6. The van der Waals surface area contributed by atoms with E-state index >= 15 is 0 Å². The third-order valence-electron chi connectivity index (χ3n) is 9.38. The average Bonchev–Trinajstić information content (AvgIpc) is 3.13. The van der Waals surface area contributed by atoms with Crippen molar-refractivity contribution in [3.63, 3.8) is 0 Å². The quantitative estimate of drug-likeness (QED) is 0.586. The molecular weight excluding hydrogens is 348 g/mol. The van der Waals surface area contributed by atoms with Crippen LogP contribution in [0, 0.1) is 11.8 Å². The zero-order chi connectivity index (χ0) is 18.7. The van der Waals surface area contributed by atoms with E-state index in [4.69, 9.17) is 4.74 Å². The summed E-state index contributed by atoms with van der Waals surface area (Å²) in [5.41, 5.74) is 4.48. The first-order chi connectivity index (χ1) is 13.7. The van der Waals surface area contributed by atoms with E-state index in [2.05, 4.69) is 42.2 Å². The molecule has 1 aliphatic carbocycles. The number of hydrogen-bond donors (Lipinski definition) is 0. The molecule has 4 nitrogen and oxygen atoms in total. The lowest BCUT2D eigenvalue weighted by Gasteiger charge is -2.60. The van der Waals surface area contributed by atoms with E-state index in [0.29, 0.717) is 42.9 Å². The van der Waals surface area contributed by atoms with Crippen LogP contribution in [-0.2, 0) is 14.9 Å². The summed E-state index contributed by atoms with van der Waals surface area (Å²) in [7, 11) is 0. The Balaban J connectivity index is 1.53. The molecule has 6 aliphatic rings. The first-order valence-electron chi connectivity index (χ1n) is 11.3. The minimum absolute atomic E-state index is 0.103. The summed E-state index contributed by atoms with van der Waals surface area (Å²) in [6.07, 6.45) is 6.82. The predicted octanol–water partition coefficient (Wildman–Crippen LogP) is 3.02. The highest BCUT2D eigenvalue weighted by Crippen LogP contribution is 2.67. The summed E-state index contributed by atoms with van der Waals surface area (Å²) in [5, 5.41) is 0. The zero-order valence-corrected chi connectivity index (χ0v) is 16.6. The molecular formula is C24H29N2O2+. The van der Waals surface area contributed by atoms with Crippen LogP contribution in [0.1, 0.15) is 38.2 Å². The van der Waals surface area contributed by atoms with E-state index in [1.807, 2.05) is 0 Å². The molecule has 1 amide bonds. The lowest BCUT2D eigenvalue weighted by molar-refractivity contribution is -0.943. The van der Waals surface area contributed by atoms with Crippen molar-refractivity contribution in [2.75, 3.05) is 31.1 Å². The number of amides is 1. The monoisotopic (exact) mass is 377 g/mol. The topological polar surface area (TPSA) is 29.5 Å². The first kappa shape index (κ1) is 16.2. The van der Waals surface area contributed by atoms with Gasteiger partial charge in [0.1, 0.15) is 12.6 Å². The second-order valence-corrected chi connectivity index (χ2v) is 10.1. The van der Waals surface area contributed by atoms with Crippen LogP contribution in [0.2, 0.25) is 0 Å². The number of anilines is 1. The predicted molar refractivity (Wildman–Crippen MR) is 107 cm³/mol. The highest BCUT2D eigenvalue weighted by Gasteiger charge is 2.75. The number of quaternary nitrogens is 1. The van der Waals surface area contributed by atoms with Crippen molar-refractivity contribution in [2.24, 2.45) is 11.8 Å². The highest BCUT2D eigenvalue weighted by molar-refractivity contribution is 5.99. The maximum absolute atomic E-state index is 13.4. The molecule has 1 aromatic carbocycles. The van der Waals surface area contributed by atoms with Crippen molar-refractivity contribution in [1.82, 2.24) is 0 Å². The fourth-order valence-corrected chi connectivity index (χ4v) is 8.75. The summed E-state index contributed by atoms with van der Waals surface area (Å²) >= 11 is 0. The molecule has 0 radical (unpaired) electrons. The van der Waals surface area contributed by atoms with E-state index in [9.17, 15) is 4.79 Å². The fraction of sp³-hybridized carbons (Fsp3) is 0.625. The Kier molecular flexibility index (Phi) is 2.94. The molecule has 28 heavy (non-hydrogen) atoms. The highest BCUT2D eigenvalue weighted by atomic mass is 16.5. The minimum atomic E-state index is 0.103. The number of rotatable bonds is 2. The number of nitrogens with zero attached hydrogens (tertiary/aromatic N) is 2. The van der Waals surface area contributed by atoms with Crippen molar-refractivity contribution >= 4 is 11.6 Å².